The van der Waals surface area contributed by atoms with Crippen molar-refractivity contribution in [2.24, 2.45) is 0 Å². The van der Waals surface area contributed by atoms with E-state index >= 15 is 0 Å². The van der Waals surface area contributed by atoms with Crippen LogP contribution in [0.3, 0.4) is 0 Å². The largest absolute Gasteiger partial charge is 0.476 e. The molecule has 25 heavy (non-hydrogen) atoms. The van der Waals surface area contributed by atoms with E-state index in [1.807, 2.05) is 24.3 Å². The van der Waals surface area contributed by atoms with Gasteiger partial charge in [0.05, 0.1) is 6.61 Å². The highest BCUT2D eigenvalue weighted by atomic mass is 19.1. The van der Waals surface area contributed by atoms with Crippen LogP contribution >= 0.6 is 0 Å². The fraction of sp³-hybridized carbons (Fsp3) is 0.111. The summed E-state index contributed by atoms with van der Waals surface area (Å²) in [6.45, 7) is 0.249. The molecule has 0 fully saturated rings. The molecule has 0 unspecified atom stereocenters. The van der Waals surface area contributed by atoms with Crippen molar-refractivity contribution in [3.63, 3.8) is 0 Å². The first-order valence-corrected chi connectivity index (χ1v) is 7.54. The van der Waals surface area contributed by atoms with Crippen LogP contribution in [0.25, 0.3) is 11.3 Å². The fourth-order valence-electron chi connectivity index (χ4n) is 2.31. The molecule has 6 nitrogen and oxygen atoms in total. The molecule has 0 spiro atoms. The van der Waals surface area contributed by atoms with Gasteiger partial charge >= 0.3 is 0 Å². The molecule has 0 aliphatic rings. The third kappa shape index (κ3) is 3.70. The van der Waals surface area contributed by atoms with Crippen LogP contribution in [0.4, 0.5) is 10.3 Å². The summed E-state index contributed by atoms with van der Waals surface area (Å²) in [6, 6.07) is 13.6. The van der Waals surface area contributed by atoms with Gasteiger partial charge in [0.1, 0.15) is 23.1 Å². The number of pyridine rings is 1. The maximum atomic E-state index is 14.1. The van der Waals surface area contributed by atoms with Crippen molar-refractivity contribution in [2.45, 2.75) is 6.42 Å². The Labute approximate surface area is 143 Å². The summed E-state index contributed by atoms with van der Waals surface area (Å²) in [7, 11) is 0. The van der Waals surface area contributed by atoms with Crippen LogP contribution in [0.2, 0.25) is 0 Å². The third-order valence-corrected chi connectivity index (χ3v) is 3.46. The van der Waals surface area contributed by atoms with Crippen molar-refractivity contribution in [2.75, 3.05) is 12.3 Å². The minimum Gasteiger partial charge on any atom is -0.476 e. The van der Waals surface area contributed by atoms with Crippen molar-refractivity contribution in [3.05, 3.63) is 65.7 Å². The van der Waals surface area contributed by atoms with E-state index in [2.05, 4.69) is 15.0 Å². The quantitative estimate of drug-likeness (QED) is 0.770. The summed E-state index contributed by atoms with van der Waals surface area (Å²) in [5, 5.41) is 9.47. The zero-order chi connectivity index (χ0) is 17.6. The van der Waals surface area contributed by atoms with Crippen LogP contribution < -0.4 is 10.5 Å². The highest BCUT2D eigenvalue weighted by molar-refractivity contribution is 5.70. The lowest BCUT2D eigenvalue weighted by atomic mass is 10.1. The predicted octanol–water partition coefficient (Wildman–Crippen LogP) is 2.75. The van der Waals surface area contributed by atoms with Crippen LogP contribution in [-0.4, -0.2) is 21.6 Å². The van der Waals surface area contributed by atoms with Gasteiger partial charge in [0.2, 0.25) is 11.8 Å². The smallest absolute Gasteiger partial charge is 0.237 e. The van der Waals surface area contributed by atoms with E-state index in [4.69, 9.17) is 10.5 Å². The lowest BCUT2D eigenvalue weighted by molar-refractivity contribution is 0.307. The lowest BCUT2D eigenvalue weighted by Crippen LogP contribution is -2.09. The molecule has 0 bridgehead atoms. The molecule has 0 aliphatic carbocycles. The van der Waals surface area contributed by atoms with Gasteiger partial charge in [0.25, 0.3) is 0 Å². The fourth-order valence-corrected chi connectivity index (χ4v) is 2.31. The molecular formula is C18H14FN5O. The SMILES string of the molecule is N#Cc1c(OCCc2ccccn2)nc(N)nc1-c1ccccc1F. The molecule has 0 atom stereocenters. The minimum absolute atomic E-state index is 0.0317. The van der Waals surface area contributed by atoms with Crippen molar-refractivity contribution in [1.82, 2.24) is 15.0 Å². The highest BCUT2D eigenvalue weighted by Crippen LogP contribution is 2.29. The Bertz CT molecular complexity index is 924. The number of hydrogen-bond donors (Lipinski definition) is 1. The number of halogens is 1. The van der Waals surface area contributed by atoms with E-state index in [-0.39, 0.29) is 35.3 Å². The molecule has 3 aromatic rings. The van der Waals surface area contributed by atoms with Crippen molar-refractivity contribution in [3.8, 4) is 23.2 Å². The van der Waals surface area contributed by atoms with E-state index in [0.29, 0.717) is 6.42 Å². The minimum atomic E-state index is -0.503. The third-order valence-electron chi connectivity index (χ3n) is 3.46. The van der Waals surface area contributed by atoms with Crippen LogP contribution in [-0.2, 0) is 6.42 Å². The average molecular weight is 335 g/mol. The van der Waals surface area contributed by atoms with Gasteiger partial charge in [-0.2, -0.15) is 10.2 Å². The molecule has 0 saturated heterocycles. The van der Waals surface area contributed by atoms with Crippen LogP contribution in [0.15, 0.2) is 48.7 Å². The number of hydrogen-bond acceptors (Lipinski definition) is 6. The van der Waals surface area contributed by atoms with Crippen LogP contribution in [0.1, 0.15) is 11.3 Å². The van der Waals surface area contributed by atoms with Gasteiger partial charge in [0.15, 0.2) is 0 Å². The first-order valence-electron chi connectivity index (χ1n) is 7.54. The summed E-state index contributed by atoms with van der Waals surface area (Å²) < 4.78 is 19.7. The number of aromatic nitrogens is 3. The normalized spacial score (nSPS) is 10.2. The molecule has 2 heterocycles. The number of rotatable bonds is 5. The molecule has 0 aliphatic heterocycles. The van der Waals surface area contributed by atoms with Gasteiger partial charge in [-0.3, -0.25) is 4.98 Å². The van der Waals surface area contributed by atoms with E-state index in [1.165, 1.54) is 12.1 Å². The monoisotopic (exact) mass is 335 g/mol. The number of anilines is 1. The molecule has 0 amide bonds. The Hall–Kier alpha value is -3.53. The summed E-state index contributed by atoms with van der Waals surface area (Å²) in [4.78, 5) is 12.2. The van der Waals surface area contributed by atoms with Crippen molar-refractivity contribution < 1.29 is 9.13 Å². The second-order valence-corrected chi connectivity index (χ2v) is 5.12. The molecule has 7 heteroatoms. The van der Waals surface area contributed by atoms with E-state index in [1.54, 1.807) is 18.3 Å². The van der Waals surface area contributed by atoms with Gasteiger partial charge in [-0.15, -0.1) is 0 Å². The van der Waals surface area contributed by atoms with Gasteiger partial charge in [0, 0.05) is 23.9 Å². The predicted molar refractivity (Wildman–Crippen MR) is 90.0 cm³/mol. The Morgan fingerprint density at radius 3 is 2.64 bits per heavy atom. The number of nitrogens with two attached hydrogens (primary N) is 1. The molecule has 2 N–H and O–H groups in total. The molecular weight excluding hydrogens is 321 g/mol. The Balaban J connectivity index is 1.90. The van der Waals surface area contributed by atoms with Crippen molar-refractivity contribution >= 4 is 5.95 Å². The molecule has 1 aromatic carbocycles. The summed E-state index contributed by atoms with van der Waals surface area (Å²) in [5.41, 5.74) is 6.87. The number of ether oxygens (including phenoxy) is 1. The van der Waals surface area contributed by atoms with Gasteiger partial charge in [-0.1, -0.05) is 18.2 Å². The van der Waals surface area contributed by atoms with Crippen LogP contribution in [0.5, 0.6) is 5.88 Å². The molecule has 0 saturated carbocycles. The highest BCUT2D eigenvalue weighted by Gasteiger charge is 2.18. The standard InChI is InChI=1S/C18H14FN5O/c19-15-7-2-1-6-13(15)16-14(11-20)17(24-18(21)23-16)25-10-8-12-5-3-4-9-22-12/h1-7,9H,8,10H2,(H2,21,23,24). The van der Waals surface area contributed by atoms with E-state index in [9.17, 15) is 9.65 Å². The van der Waals surface area contributed by atoms with Crippen molar-refractivity contribution in [1.29, 1.82) is 5.26 Å². The summed E-state index contributed by atoms with van der Waals surface area (Å²) >= 11 is 0. The first kappa shape index (κ1) is 16.3. The lowest BCUT2D eigenvalue weighted by Gasteiger charge is -2.11. The average Bonchev–Trinajstić information content (AvgIpc) is 2.62. The second-order valence-electron chi connectivity index (χ2n) is 5.12. The summed E-state index contributed by atoms with van der Waals surface area (Å²) in [5.74, 6) is -0.564. The number of nitrogens with zero attached hydrogens (tertiary/aromatic N) is 4. The Kier molecular flexibility index (Phi) is 4.81. The second kappa shape index (κ2) is 7.36. The maximum absolute atomic E-state index is 14.1. The molecule has 124 valence electrons. The van der Waals surface area contributed by atoms with Crippen LogP contribution in [0, 0.1) is 17.1 Å². The summed E-state index contributed by atoms with van der Waals surface area (Å²) in [6.07, 6.45) is 2.22. The molecule has 2 aromatic heterocycles. The number of nitriles is 1. The topological polar surface area (TPSA) is 97.7 Å². The van der Waals surface area contributed by atoms with Gasteiger partial charge in [-0.05, 0) is 24.3 Å². The number of nitrogen functional groups attached to an aromatic ring is 1. The maximum Gasteiger partial charge on any atom is 0.237 e. The Morgan fingerprint density at radius 1 is 1.12 bits per heavy atom. The zero-order valence-electron chi connectivity index (χ0n) is 13.2. The molecule has 3 rings (SSSR count). The van der Waals surface area contributed by atoms with Gasteiger partial charge in [-0.25, -0.2) is 9.37 Å². The van der Waals surface area contributed by atoms with E-state index < -0.39 is 5.82 Å². The Morgan fingerprint density at radius 2 is 1.92 bits per heavy atom. The van der Waals surface area contributed by atoms with E-state index in [0.717, 1.165) is 5.69 Å². The number of benzene rings is 1. The molecule has 0 radical (unpaired) electrons. The van der Waals surface area contributed by atoms with Gasteiger partial charge < -0.3 is 10.5 Å². The first-order chi connectivity index (χ1) is 12.2. The zero-order valence-corrected chi connectivity index (χ0v) is 13.2.